The van der Waals surface area contributed by atoms with Crippen molar-refractivity contribution in [1.82, 2.24) is 24.7 Å². The highest BCUT2D eigenvalue weighted by molar-refractivity contribution is 6.07. The van der Waals surface area contributed by atoms with Crippen molar-refractivity contribution in [3.05, 3.63) is 84.1 Å². The number of rotatable bonds is 12. The predicted molar refractivity (Wildman–Crippen MR) is 156 cm³/mol. The topological polar surface area (TPSA) is 138 Å². The molecule has 0 saturated carbocycles. The van der Waals surface area contributed by atoms with Crippen molar-refractivity contribution < 1.29 is 23.6 Å². The zero-order valence-electron chi connectivity index (χ0n) is 23.6. The number of pyridine rings is 1. The van der Waals surface area contributed by atoms with E-state index in [-0.39, 0.29) is 38.1 Å². The number of methoxy groups -OCH3 is 1. The monoisotopic (exact) mass is 569 g/mol. The van der Waals surface area contributed by atoms with Crippen LogP contribution in [0.1, 0.15) is 35.4 Å². The van der Waals surface area contributed by atoms with Gasteiger partial charge < -0.3 is 23.9 Å². The molecule has 12 nitrogen and oxygen atoms in total. The summed E-state index contributed by atoms with van der Waals surface area (Å²) >= 11 is 0. The Balaban J connectivity index is 1.30. The third-order valence-corrected chi connectivity index (χ3v) is 6.57. The Kier molecular flexibility index (Phi) is 8.83. The van der Waals surface area contributed by atoms with Gasteiger partial charge in [-0.15, -0.1) is 0 Å². The maximum atomic E-state index is 13.6. The molecule has 5 aromatic rings. The van der Waals surface area contributed by atoms with Crippen molar-refractivity contribution in [3.63, 3.8) is 0 Å². The number of hydrogen-bond acceptors (Lipinski definition) is 10. The molecule has 1 N–H and O–H groups in total. The molecule has 1 amide bonds. The largest absolute Gasteiger partial charge is 0.466 e. The quantitative estimate of drug-likeness (QED) is 0.216. The summed E-state index contributed by atoms with van der Waals surface area (Å²) in [6.45, 7) is 2.90. The molecule has 3 heterocycles. The van der Waals surface area contributed by atoms with E-state index in [1.54, 1.807) is 50.6 Å². The Morgan fingerprint density at radius 1 is 1.07 bits per heavy atom. The minimum Gasteiger partial charge on any atom is -0.466 e. The van der Waals surface area contributed by atoms with E-state index in [1.165, 1.54) is 4.90 Å². The first-order valence-corrected chi connectivity index (χ1v) is 13.5. The number of carbonyl (C=O) groups excluding carboxylic acids is 2. The number of anilines is 2. The fourth-order valence-corrected chi connectivity index (χ4v) is 4.44. The Labute approximate surface area is 242 Å². The molecule has 42 heavy (non-hydrogen) atoms. The van der Waals surface area contributed by atoms with Gasteiger partial charge in [-0.25, -0.2) is 9.97 Å². The van der Waals surface area contributed by atoms with Crippen LogP contribution in [0, 0.1) is 0 Å². The maximum Gasteiger partial charge on any atom is 0.307 e. The lowest BCUT2D eigenvalue weighted by atomic mass is 10.1. The number of aryl methyl sites for hydroxylation is 1. The first-order chi connectivity index (χ1) is 20.5. The fourth-order valence-electron chi connectivity index (χ4n) is 4.44. The number of ether oxygens (including phenoxy) is 2. The molecule has 216 valence electrons. The second kappa shape index (κ2) is 13.0. The van der Waals surface area contributed by atoms with E-state index >= 15 is 0 Å². The first kappa shape index (κ1) is 28.4. The highest BCUT2D eigenvalue weighted by Crippen LogP contribution is 2.22. The van der Waals surface area contributed by atoms with Crippen LogP contribution in [0.2, 0.25) is 0 Å². The van der Waals surface area contributed by atoms with Crippen LogP contribution >= 0.6 is 0 Å². The third kappa shape index (κ3) is 6.44. The summed E-state index contributed by atoms with van der Waals surface area (Å²) < 4.78 is 17.2. The Morgan fingerprint density at radius 2 is 1.90 bits per heavy atom. The number of fused-ring (bicyclic) bond motifs is 1. The van der Waals surface area contributed by atoms with Crippen molar-refractivity contribution in [2.45, 2.75) is 26.5 Å². The van der Waals surface area contributed by atoms with E-state index in [4.69, 9.17) is 19.0 Å². The van der Waals surface area contributed by atoms with Crippen LogP contribution in [0.25, 0.3) is 22.4 Å². The van der Waals surface area contributed by atoms with Crippen LogP contribution in [0.3, 0.4) is 0 Å². The lowest BCUT2D eigenvalue weighted by Gasteiger charge is -2.21. The highest BCUT2D eigenvalue weighted by atomic mass is 16.5. The number of carbonyl (C=O) groups is 2. The van der Waals surface area contributed by atoms with Gasteiger partial charge in [-0.1, -0.05) is 11.2 Å². The highest BCUT2D eigenvalue weighted by Gasteiger charge is 2.21. The average Bonchev–Trinajstić information content (AvgIpc) is 3.61. The van der Waals surface area contributed by atoms with E-state index in [2.05, 4.69) is 20.4 Å². The van der Waals surface area contributed by atoms with Crippen molar-refractivity contribution in [2.75, 3.05) is 30.5 Å². The number of benzene rings is 2. The van der Waals surface area contributed by atoms with E-state index in [1.807, 2.05) is 41.9 Å². The average molecular weight is 570 g/mol. The number of nitrogens with zero attached hydrogens (tertiary/aromatic N) is 6. The van der Waals surface area contributed by atoms with E-state index in [0.29, 0.717) is 35.2 Å². The van der Waals surface area contributed by atoms with E-state index in [0.717, 1.165) is 22.6 Å². The minimum absolute atomic E-state index is 0.0583. The van der Waals surface area contributed by atoms with E-state index in [9.17, 15) is 9.59 Å². The number of amides is 1. The molecular weight excluding hydrogens is 538 g/mol. The van der Waals surface area contributed by atoms with Crippen LogP contribution < -0.4 is 10.2 Å². The molecule has 2 aromatic carbocycles. The van der Waals surface area contributed by atoms with Crippen LogP contribution in [-0.2, 0) is 34.5 Å². The molecular formula is C30H31N7O5. The number of esters is 1. The lowest BCUT2D eigenvalue weighted by molar-refractivity contribution is -0.142. The Morgan fingerprint density at radius 3 is 2.64 bits per heavy atom. The normalized spacial score (nSPS) is 11.0. The number of hydrogen-bond donors (Lipinski definition) is 1. The van der Waals surface area contributed by atoms with Gasteiger partial charge in [-0.3, -0.25) is 14.5 Å². The standard InChI is InChI=1S/C30H31N7O5/c1-4-41-28(38)14-16-37(25-7-5-6-15-31-25)30(39)21-10-13-24-23(17-21)33-26(36(24)2)18-32-22-11-8-20(9-12-22)29-34-27(19-40-3)42-35-29/h5-13,15,17,32H,4,14,16,18-19H2,1-3H3. The van der Waals surface area contributed by atoms with Gasteiger partial charge >= 0.3 is 5.97 Å². The van der Waals surface area contributed by atoms with Crippen LogP contribution in [0.4, 0.5) is 11.5 Å². The number of imidazole rings is 1. The van der Waals surface area contributed by atoms with Crippen molar-refractivity contribution >= 4 is 34.4 Å². The third-order valence-electron chi connectivity index (χ3n) is 6.57. The molecule has 3 aromatic heterocycles. The SMILES string of the molecule is CCOC(=O)CCN(C(=O)c1ccc2c(c1)nc(CNc1ccc(-c3noc(COC)n3)cc1)n2C)c1ccccn1. The van der Waals surface area contributed by atoms with Crippen LogP contribution in [0.15, 0.2) is 71.4 Å². The smallest absolute Gasteiger partial charge is 0.307 e. The maximum absolute atomic E-state index is 13.6. The molecule has 5 rings (SSSR count). The van der Waals surface area contributed by atoms with Crippen LogP contribution in [0.5, 0.6) is 0 Å². The van der Waals surface area contributed by atoms with Gasteiger partial charge in [0, 0.05) is 43.7 Å². The molecule has 0 bridgehead atoms. The second-order valence-electron chi connectivity index (χ2n) is 9.37. The van der Waals surface area contributed by atoms with Crippen molar-refractivity contribution in [1.29, 1.82) is 0 Å². The van der Waals surface area contributed by atoms with Crippen molar-refractivity contribution in [3.8, 4) is 11.4 Å². The molecule has 0 aliphatic carbocycles. The molecule has 0 aliphatic heterocycles. The Bertz CT molecular complexity index is 1660. The van der Waals surface area contributed by atoms with E-state index < -0.39 is 0 Å². The summed E-state index contributed by atoms with van der Waals surface area (Å²) in [5.41, 5.74) is 3.74. The van der Waals surface area contributed by atoms with Gasteiger partial charge in [-0.05, 0) is 61.5 Å². The minimum atomic E-state index is -0.371. The van der Waals surface area contributed by atoms with Gasteiger partial charge in [0.15, 0.2) is 0 Å². The molecule has 12 heteroatoms. The summed E-state index contributed by atoms with van der Waals surface area (Å²) in [4.78, 5) is 40.5. The fraction of sp³-hybridized carbons (Fsp3) is 0.267. The number of aromatic nitrogens is 5. The molecule has 0 spiro atoms. The summed E-state index contributed by atoms with van der Waals surface area (Å²) in [5, 5.41) is 7.37. The van der Waals surface area contributed by atoms with Gasteiger partial charge in [0.1, 0.15) is 18.2 Å². The molecule has 0 aliphatic rings. The van der Waals surface area contributed by atoms with Crippen molar-refractivity contribution in [2.24, 2.45) is 7.05 Å². The van der Waals surface area contributed by atoms with Gasteiger partial charge in [0.05, 0.1) is 30.6 Å². The molecule has 0 atom stereocenters. The van der Waals surface area contributed by atoms with Crippen LogP contribution in [-0.4, -0.2) is 56.8 Å². The number of nitrogens with one attached hydrogen (secondary N) is 1. The molecule has 0 saturated heterocycles. The molecule has 0 fully saturated rings. The zero-order chi connectivity index (χ0) is 29.5. The van der Waals surface area contributed by atoms with Gasteiger partial charge in [0.25, 0.3) is 11.8 Å². The molecule has 0 radical (unpaired) electrons. The van der Waals surface area contributed by atoms with Gasteiger partial charge in [-0.2, -0.15) is 4.98 Å². The zero-order valence-corrected chi connectivity index (χ0v) is 23.6. The lowest BCUT2D eigenvalue weighted by Crippen LogP contribution is -2.34. The first-order valence-electron chi connectivity index (χ1n) is 13.5. The summed E-state index contributed by atoms with van der Waals surface area (Å²) in [6.07, 6.45) is 1.67. The van der Waals surface area contributed by atoms with Gasteiger partial charge in [0.2, 0.25) is 5.82 Å². The Hall–Kier alpha value is -5.10. The summed E-state index contributed by atoms with van der Waals surface area (Å²) in [5.74, 6) is 1.52. The summed E-state index contributed by atoms with van der Waals surface area (Å²) in [6, 6.07) is 18.4. The summed E-state index contributed by atoms with van der Waals surface area (Å²) in [7, 11) is 3.51. The molecule has 0 unspecified atom stereocenters. The second-order valence-corrected chi connectivity index (χ2v) is 9.37. The predicted octanol–water partition coefficient (Wildman–Crippen LogP) is 4.38.